The zero-order valence-corrected chi connectivity index (χ0v) is 11.5. The number of anilines is 1. The quantitative estimate of drug-likeness (QED) is 0.732. The highest BCUT2D eigenvalue weighted by atomic mass is 127. The fraction of sp³-hybridized carbons (Fsp3) is 0.600. The maximum absolute atomic E-state index is 11.5. The van der Waals surface area contributed by atoms with E-state index in [-0.39, 0.29) is 24.3 Å². The second kappa shape index (κ2) is 5.32. The van der Waals surface area contributed by atoms with Gasteiger partial charge in [-0.05, 0) is 29.5 Å². The van der Waals surface area contributed by atoms with Crippen molar-refractivity contribution >= 4 is 28.4 Å². The average Bonchev–Trinajstić information content (AvgIpc) is 2.34. The molecule has 2 unspecified atom stereocenters. The van der Waals surface area contributed by atoms with E-state index in [0.717, 1.165) is 0 Å². The van der Waals surface area contributed by atoms with Crippen LogP contribution in [-0.4, -0.2) is 47.0 Å². The van der Waals surface area contributed by atoms with Gasteiger partial charge >= 0.3 is 0 Å². The van der Waals surface area contributed by atoms with Crippen LogP contribution >= 0.6 is 22.6 Å². The third-order valence-corrected chi connectivity index (χ3v) is 3.73. The lowest BCUT2D eigenvalue weighted by Crippen LogP contribution is -2.50. The van der Waals surface area contributed by atoms with E-state index in [0.29, 0.717) is 22.5 Å². The smallest absolute Gasteiger partial charge is 0.266 e. The van der Waals surface area contributed by atoms with Crippen molar-refractivity contribution in [2.24, 2.45) is 0 Å². The minimum absolute atomic E-state index is 0.0248. The van der Waals surface area contributed by atoms with Gasteiger partial charge in [-0.2, -0.15) is 0 Å². The number of aliphatic hydroxyl groups excluding tert-OH is 1. The standard InChI is InChI=1S/C10H14IN3O3/c1-6-4-17-7(3-15)2-14(6)9-8(11)10(16)13-5-12-9/h5-7,15H,2-4H2,1H3,(H,12,13,16). The number of ether oxygens (including phenoxy) is 1. The number of aromatic nitrogens is 2. The number of rotatable bonds is 2. The molecule has 0 bridgehead atoms. The van der Waals surface area contributed by atoms with E-state index in [1.807, 2.05) is 34.4 Å². The molecule has 2 heterocycles. The Bertz CT molecular complexity index is 451. The van der Waals surface area contributed by atoms with Gasteiger partial charge in [0.1, 0.15) is 9.39 Å². The van der Waals surface area contributed by atoms with E-state index in [2.05, 4.69) is 9.97 Å². The van der Waals surface area contributed by atoms with Crippen molar-refractivity contribution in [1.82, 2.24) is 9.97 Å². The van der Waals surface area contributed by atoms with E-state index in [1.54, 1.807) is 0 Å². The molecule has 1 aliphatic heterocycles. The first-order valence-corrected chi connectivity index (χ1v) is 6.43. The van der Waals surface area contributed by atoms with Gasteiger partial charge in [0.25, 0.3) is 5.56 Å². The average molecular weight is 351 g/mol. The molecule has 1 fully saturated rings. The molecule has 0 radical (unpaired) electrons. The van der Waals surface area contributed by atoms with Crippen molar-refractivity contribution < 1.29 is 9.84 Å². The third-order valence-electron chi connectivity index (χ3n) is 2.76. The zero-order valence-electron chi connectivity index (χ0n) is 9.39. The van der Waals surface area contributed by atoms with Crippen molar-refractivity contribution in [2.75, 3.05) is 24.7 Å². The molecule has 0 saturated carbocycles. The van der Waals surface area contributed by atoms with Crippen LogP contribution in [0, 0.1) is 3.57 Å². The van der Waals surface area contributed by atoms with Crippen LogP contribution in [0.15, 0.2) is 11.1 Å². The fourth-order valence-corrected chi connectivity index (χ4v) is 2.40. The summed E-state index contributed by atoms with van der Waals surface area (Å²) in [6.45, 7) is 3.05. The van der Waals surface area contributed by atoms with Gasteiger partial charge in [0, 0.05) is 6.54 Å². The first-order valence-electron chi connectivity index (χ1n) is 5.35. The van der Waals surface area contributed by atoms with Crippen LogP contribution in [0.4, 0.5) is 5.82 Å². The van der Waals surface area contributed by atoms with Crippen molar-refractivity contribution in [3.63, 3.8) is 0 Å². The number of aromatic amines is 1. The van der Waals surface area contributed by atoms with Crippen molar-refractivity contribution in [1.29, 1.82) is 0 Å². The van der Waals surface area contributed by atoms with Crippen LogP contribution in [0.5, 0.6) is 0 Å². The Hall–Kier alpha value is -0.670. The third kappa shape index (κ3) is 2.61. The van der Waals surface area contributed by atoms with Gasteiger partial charge in [-0.3, -0.25) is 4.79 Å². The van der Waals surface area contributed by atoms with Gasteiger partial charge in [-0.15, -0.1) is 0 Å². The van der Waals surface area contributed by atoms with Gasteiger partial charge in [0.05, 0.1) is 31.7 Å². The first kappa shape index (κ1) is 12.8. The number of nitrogens with one attached hydrogen (secondary N) is 1. The molecule has 94 valence electrons. The van der Waals surface area contributed by atoms with Gasteiger partial charge in [-0.25, -0.2) is 4.98 Å². The van der Waals surface area contributed by atoms with Crippen molar-refractivity contribution in [3.8, 4) is 0 Å². The molecule has 17 heavy (non-hydrogen) atoms. The Kier molecular flexibility index (Phi) is 4.00. The molecule has 1 saturated heterocycles. The normalized spacial score (nSPS) is 25.0. The van der Waals surface area contributed by atoms with E-state index in [1.165, 1.54) is 6.33 Å². The first-order chi connectivity index (χ1) is 8.13. The number of H-pyrrole nitrogens is 1. The molecule has 1 aromatic heterocycles. The molecule has 2 atom stereocenters. The maximum atomic E-state index is 11.5. The molecule has 7 heteroatoms. The Labute approximate surface area is 112 Å². The molecule has 2 N–H and O–H groups in total. The summed E-state index contributed by atoms with van der Waals surface area (Å²) in [4.78, 5) is 20.3. The molecule has 0 spiro atoms. The number of halogens is 1. The van der Waals surface area contributed by atoms with Crippen molar-refractivity contribution in [2.45, 2.75) is 19.1 Å². The number of aliphatic hydroxyl groups is 1. The highest BCUT2D eigenvalue weighted by Crippen LogP contribution is 2.22. The second-order valence-electron chi connectivity index (χ2n) is 4.01. The Balaban J connectivity index is 2.31. The predicted molar refractivity (Wildman–Crippen MR) is 71.2 cm³/mol. The molecule has 0 aliphatic carbocycles. The van der Waals surface area contributed by atoms with Crippen LogP contribution in [-0.2, 0) is 4.74 Å². The monoisotopic (exact) mass is 351 g/mol. The van der Waals surface area contributed by atoms with E-state index in [9.17, 15) is 4.79 Å². The minimum atomic E-state index is -0.219. The number of hydrogen-bond acceptors (Lipinski definition) is 5. The summed E-state index contributed by atoms with van der Waals surface area (Å²) in [7, 11) is 0. The van der Waals surface area contributed by atoms with Crippen LogP contribution in [0.2, 0.25) is 0 Å². The Morgan fingerprint density at radius 3 is 3.24 bits per heavy atom. The highest BCUT2D eigenvalue weighted by Gasteiger charge is 2.28. The van der Waals surface area contributed by atoms with E-state index in [4.69, 9.17) is 9.84 Å². The molecule has 0 amide bonds. The maximum Gasteiger partial charge on any atom is 0.266 e. The van der Waals surface area contributed by atoms with E-state index >= 15 is 0 Å². The summed E-state index contributed by atoms with van der Waals surface area (Å²) in [5, 5.41) is 9.12. The number of nitrogens with zero attached hydrogens (tertiary/aromatic N) is 2. The zero-order chi connectivity index (χ0) is 12.4. The molecule has 1 aromatic rings. The lowest BCUT2D eigenvalue weighted by Gasteiger charge is -2.38. The lowest BCUT2D eigenvalue weighted by atomic mass is 10.2. The SMILES string of the molecule is CC1COC(CO)CN1c1nc[nH]c(=O)c1I. The lowest BCUT2D eigenvalue weighted by molar-refractivity contribution is -0.0106. The summed E-state index contributed by atoms with van der Waals surface area (Å²) >= 11 is 1.99. The van der Waals surface area contributed by atoms with Gasteiger partial charge in [0.2, 0.25) is 0 Å². The van der Waals surface area contributed by atoms with Crippen molar-refractivity contribution in [3.05, 3.63) is 20.3 Å². The Morgan fingerprint density at radius 2 is 2.53 bits per heavy atom. The predicted octanol–water partition coefficient (Wildman–Crippen LogP) is -0.0395. The van der Waals surface area contributed by atoms with Crippen LogP contribution in [0.25, 0.3) is 0 Å². The topological polar surface area (TPSA) is 78.5 Å². The van der Waals surface area contributed by atoms with Gasteiger partial charge in [-0.1, -0.05) is 0 Å². The van der Waals surface area contributed by atoms with Gasteiger partial charge < -0.3 is 19.7 Å². The fourth-order valence-electron chi connectivity index (χ4n) is 1.80. The summed E-state index contributed by atoms with van der Waals surface area (Å²) in [5.41, 5.74) is -0.144. The highest BCUT2D eigenvalue weighted by molar-refractivity contribution is 14.1. The molecule has 2 rings (SSSR count). The largest absolute Gasteiger partial charge is 0.394 e. The summed E-state index contributed by atoms with van der Waals surface area (Å²) in [6.07, 6.45) is 1.18. The van der Waals surface area contributed by atoms with E-state index < -0.39 is 0 Å². The summed E-state index contributed by atoms with van der Waals surface area (Å²) < 4.78 is 6.02. The second-order valence-corrected chi connectivity index (χ2v) is 5.09. The summed E-state index contributed by atoms with van der Waals surface area (Å²) in [6, 6.07) is 0.139. The number of morpholine rings is 1. The molecule has 0 aromatic carbocycles. The van der Waals surface area contributed by atoms with Gasteiger partial charge in [0.15, 0.2) is 0 Å². The van der Waals surface area contributed by atoms with Crippen LogP contribution in [0.1, 0.15) is 6.92 Å². The van der Waals surface area contributed by atoms with Crippen LogP contribution in [0.3, 0.4) is 0 Å². The minimum Gasteiger partial charge on any atom is -0.394 e. The number of hydrogen-bond donors (Lipinski definition) is 2. The molecular weight excluding hydrogens is 337 g/mol. The molecule has 1 aliphatic rings. The summed E-state index contributed by atoms with van der Waals surface area (Å²) in [5.74, 6) is 0.656. The molecule has 6 nitrogen and oxygen atoms in total. The van der Waals surface area contributed by atoms with Crippen LogP contribution < -0.4 is 10.5 Å². The Morgan fingerprint density at radius 1 is 1.76 bits per heavy atom. The molecular formula is C10H14IN3O3.